The summed E-state index contributed by atoms with van der Waals surface area (Å²) < 4.78 is 0. The van der Waals surface area contributed by atoms with E-state index in [-0.39, 0.29) is 17.0 Å². The second-order valence-electron chi connectivity index (χ2n) is 3.19. The van der Waals surface area contributed by atoms with Gasteiger partial charge in [0.25, 0.3) is 0 Å². The Morgan fingerprint density at radius 2 is 1.83 bits per heavy atom. The fourth-order valence-corrected chi connectivity index (χ4v) is 1.43. The van der Waals surface area contributed by atoms with Crippen LogP contribution in [0.4, 0.5) is 0 Å². The number of amides is 1. The summed E-state index contributed by atoms with van der Waals surface area (Å²) in [7, 11) is 1.63. The van der Waals surface area contributed by atoms with Gasteiger partial charge in [-0.05, 0) is 13.8 Å². The molecule has 0 aliphatic heterocycles. The summed E-state index contributed by atoms with van der Waals surface area (Å²) in [5.41, 5.74) is -0.713. The third-order valence-corrected chi connectivity index (χ3v) is 2.62. The van der Waals surface area contributed by atoms with E-state index in [1.54, 1.807) is 20.9 Å². The summed E-state index contributed by atoms with van der Waals surface area (Å²) in [4.78, 5) is 23.7. The number of likely N-dealkylation sites (N-methyl/N-ethyl adjacent to an activating group) is 1. The molecule has 0 N–H and O–H groups in total. The molecule has 1 amide bonds. The number of halogens is 1. The summed E-state index contributed by atoms with van der Waals surface area (Å²) in [5, 5.41) is 0.275. The topological polar surface area (TPSA) is 37.4 Å². The van der Waals surface area contributed by atoms with Crippen molar-refractivity contribution in [3.63, 3.8) is 0 Å². The minimum atomic E-state index is -0.713. The number of ketones is 1. The standard InChI is InChI=1S/C8H14BrNO2/c1-6(11)10(4)8(2,3)7(12)5-9/h5H2,1-4H3. The Balaban J connectivity index is 4.60. The van der Waals surface area contributed by atoms with E-state index in [4.69, 9.17) is 0 Å². The predicted octanol–water partition coefficient (Wildman–Crippen LogP) is 1.21. The number of alkyl halides is 1. The summed E-state index contributed by atoms with van der Waals surface area (Å²) in [6, 6.07) is 0. The van der Waals surface area contributed by atoms with Crippen molar-refractivity contribution >= 4 is 27.6 Å². The van der Waals surface area contributed by atoms with Crippen LogP contribution in [0.25, 0.3) is 0 Å². The van der Waals surface area contributed by atoms with Gasteiger partial charge < -0.3 is 4.90 Å². The number of rotatable bonds is 3. The molecule has 70 valence electrons. The summed E-state index contributed by atoms with van der Waals surface area (Å²) in [6.45, 7) is 4.92. The van der Waals surface area contributed by atoms with E-state index in [2.05, 4.69) is 15.9 Å². The van der Waals surface area contributed by atoms with E-state index in [0.29, 0.717) is 0 Å². The fourth-order valence-electron chi connectivity index (χ4n) is 0.744. The number of nitrogens with zero attached hydrogens (tertiary/aromatic N) is 1. The third kappa shape index (κ3) is 2.30. The molecule has 0 aromatic heterocycles. The smallest absolute Gasteiger partial charge is 0.219 e. The van der Waals surface area contributed by atoms with Gasteiger partial charge in [-0.3, -0.25) is 9.59 Å². The van der Waals surface area contributed by atoms with E-state index in [1.807, 2.05) is 0 Å². The van der Waals surface area contributed by atoms with E-state index in [9.17, 15) is 9.59 Å². The highest BCUT2D eigenvalue weighted by atomic mass is 79.9. The molecule has 0 fully saturated rings. The zero-order valence-corrected chi connectivity index (χ0v) is 9.43. The van der Waals surface area contributed by atoms with E-state index in [0.717, 1.165) is 0 Å². The lowest BCUT2D eigenvalue weighted by Gasteiger charge is -2.32. The molecule has 0 heterocycles. The van der Waals surface area contributed by atoms with Gasteiger partial charge in [0, 0.05) is 14.0 Å². The second-order valence-corrected chi connectivity index (χ2v) is 3.75. The van der Waals surface area contributed by atoms with Gasteiger partial charge >= 0.3 is 0 Å². The van der Waals surface area contributed by atoms with Crippen LogP contribution in [-0.2, 0) is 9.59 Å². The SMILES string of the molecule is CC(=O)N(C)C(C)(C)C(=O)CBr. The number of hydrogen-bond donors (Lipinski definition) is 0. The Morgan fingerprint density at radius 3 is 2.08 bits per heavy atom. The van der Waals surface area contributed by atoms with Crippen LogP contribution in [0.2, 0.25) is 0 Å². The van der Waals surface area contributed by atoms with Crippen LogP contribution >= 0.6 is 15.9 Å². The molecule has 0 aromatic rings. The average Bonchev–Trinajstić information content (AvgIpc) is 2.01. The Bertz CT molecular complexity index is 201. The minimum absolute atomic E-state index is 0.000185. The van der Waals surface area contributed by atoms with E-state index < -0.39 is 5.54 Å². The molecule has 0 aromatic carbocycles. The van der Waals surface area contributed by atoms with Gasteiger partial charge in [-0.2, -0.15) is 0 Å². The van der Waals surface area contributed by atoms with Crippen LogP contribution in [0.3, 0.4) is 0 Å². The highest BCUT2D eigenvalue weighted by molar-refractivity contribution is 9.09. The number of carbonyl (C=O) groups is 2. The Labute approximate surface area is 81.2 Å². The highest BCUT2D eigenvalue weighted by Crippen LogP contribution is 2.14. The molecular formula is C8H14BrNO2. The molecule has 0 aliphatic rings. The first-order valence-electron chi connectivity index (χ1n) is 3.67. The van der Waals surface area contributed by atoms with Gasteiger partial charge in [0.05, 0.1) is 10.9 Å². The van der Waals surface area contributed by atoms with Gasteiger partial charge in [0.15, 0.2) is 5.78 Å². The first-order valence-corrected chi connectivity index (χ1v) is 4.79. The van der Waals surface area contributed by atoms with Gasteiger partial charge in [0.1, 0.15) is 0 Å². The lowest BCUT2D eigenvalue weighted by Crippen LogP contribution is -2.50. The molecule has 0 bridgehead atoms. The molecule has 0 radical (unpaired) electrons. The first kappa shape index (κ1) is 11.6. The zero-order chi connectivity index (χ0) is 9.94. The monoisotopic (exact) mass is 235 g/mol. The van der Waals surface area contributed by atoms with Crippen LogP contribution in [0.15, 0.2) is 0 Å². The quantitative estimate of drug-likeness (QED) is 0.690. The van der Waals surface area contributed by atoms with Gasteiger partial charge in [-0.1, -0.05) is 15.9 Å². The molecule has 0 unspecified atom stereocenters. The molecule has 0 spiro atoms. The summed E-state index contributed by atoms with van der Waals surface area (Å²) in [5.74, 6) is -0.102. The van der Waals surface area contributed by atoms with Crippen molar-refractivity contribution in [1.29, 1.82) is 0 Å². The van der Waals surface area contributed by atoms with Gasteiger partial charge in [0.2, 0.25) is 5.91 Å². The Morgan fingerprint density at radius 1 is 1.42 bits per heavy atom. The zero-order valence-electron chi connectivity index (χ0n) is 7.85. The van der Waals surface area contributed by atoms with Gasteiger partial charge in [-0.15, -0.1) is 0 Å². The molecule has 0 aliphatic carbocycles. The lowest BCUT2D eigenvalue weighted by atomic mass is 9.98. The van der Waals surface area contributed by atoms with Crippen LogP contribution in [0.5, 0.6) is 0 Å². The predicted molar refractivity (Wildman–Crippen MR) is 51.3 cm³/mol. The molecule has 4 heteroatoms. The van der Waals surface area contributed by atoms with Crippen molar-refractivity contribution in [2.45, 2.75) is 26.3 Å². The number of hydrogen-bond acceptors (Lipinski definition) is 2. The highest BCUT2D eigenvalue weighted by Gasteiger charge is 2.32. The molecule has 12 heavy (non-hydrogen) atoms. The third-order valence-electron chi connectivity index (χ3n) is 2.11. The van der Waals surface area contributed by atoms with Crippen molar-refractivity contribution < 1.29 is 9.59 Å². The van der Waals surface area contributed by atoms with Gasteiger partial charge in [-0.25, -0.2) is 0 Å². The molecule has 0 saturated carbocycles. The van der Waals surface area contributed by atoms with Crippen molar-refractivity contribution in [3.05, 3.63) is 0 Å². The summed E-state index contributed by atoms with van der Waals surface area (Å²) >= 11 is 3.08. The molecule has 0 rings (SSSR count). The normalized spacial score (nSPS) is 11.1. The fraction of sp³-hybridized carbons (Fsp3) is 0.750. The van der Waals surface area contributed by atoms with E-state index >= 15 is 0 Å². The van der Waals surface area contributed by atoms with Crippen LogP contribution in [0.1, 0.15) is 20.8 Å². The minimum Gasteiger partial charge on any atom is -0.334 e. The summed E-state index contributed by atoms with van der Waals surface area (Å²) in [6.07, 6.45) is 0. The maximum atomic E-state index is 11.3. The first-order chi connectivity index (χ1) is 5.34. The van der Waals surface area contributed by atoms with Crippen LogP contribution in [-0.4, -0.2) is 34.5 Å². The average molecular weight is 236 g/mol. The van der Waals surface area contributed by atoms with Crippen molar-refractivity contribution in [3.8, 4) is 0 Å². The Kier molecular flexibility index (Phi) is 3.90. The maximum absolute atomic E-state index is 11.3. The van der Waals surface area contributed by atoms with Crippen molar-refractivity contribution in [2.24, 2.45) is 0 Å². The number of Topliss-reactive ketones (excluding diaryl/α,β-unsaturated/α-hetero) is 1. The largest absolute Gasteiger partial charge is 0.334 e. The Hall–Kier alpha value is -0.380. The molecule has 0 saturated heterocycles. The molecule has 0 atom stereocenters. The van der Waals surface area contributed by atoms with Crippen molar-refractivity contribution in [1.82, 2.24) is 4.90 Å². The lowest BCUT2D eigenvalue weighted by molar-refractivity contribution is -0.140. The number of carbonyl (C=O) groups excluding carboxylic acids is 2. The van der Waals surface area contributed by atoms with Crippen molar-refractivity contribution in [2.75, 3.05) is 12.4 Å². The molecular weight excluding hydrogens is 222 g/mol. The maximum Gasteiger partial charge on any atom is 0.219 e. The van der Waals surface area contributed by atoms with E-state index in [1.165, 1.54) is 11.8 Å². The second kappa shape index (κ2) is 4.03. The molecule has 3 nitrogen and oxygen atoms in total. The van der Waals surface area contributed by atoms with Crippen LogP contribution < -0.4 is 0 Å². The van der Waals surface area contributed by atoms with Crippen LogP contribution in [0, 0.1) is 0 Å².